The van der Waals surface area contributed by atoms with Crippen LogP contribution in [0.5, 0.6) is 0 Å². The molecule has 0 N–H and O–H groups in total. The quantitative estimate of drug-likeness (QED) is 0.629. The predicted molar refractivity (Wildman–Crippen MR) is 6.60 cm³/mol. The summed E-state index contributed by atoms with van der Waals surface area (Å²) in [7, 11) is 0. The van der Waals surface area contributed by atoms with Crippen LogP contribution < -0.4 is 0 Å². The van der Waals surface area contributed by atoms with Gasteiger partial charge in [0.1, 0.15) is 0 Å². The molecule has 2 nitrogen and oxygen atoms in total. The second-order valence-corrected chi connectivity index (χ2v) is 0.117. The van der Waals surface area contributed by atoms with Gasteiger partial charge in [-0.15, -0.1) is 0 Å². The normalized spacial score (nSPS) is 4.50. The van der Waals surface area contributed by atoms with Crippen LogP contribution in [0.2, 0.25) is 0 Å². The van der Waals surface area contributed by atoms with Gasteiger partial charge in [0.05, 0.1) is 0 Å². The van der Waals surface area contributed by atoms with Crippen molar-refractivity contribution in [3.05, 3.63) is 0 Å². The number of hydrogen-bond acceptors (Lipinski definition) is 2. The summed E-state index contributed by atoms with van der Waals surface area (Å²) in [5, 5.41) is 2.50. The van der Waals surface area contributed by atoms with Crippen molar-refractivity contribution in [2.45, 2.75) is 0 Å². The molecule has 0 atom stereocenters. The van der Waals surface area contributed by atoms with Gasteiger partial charge in [0, 0.05) is 75.7 Å². The van der Waals surface area contributed by atoms with E-state index < -0.39 is 0 Å². The summed E-state index contributed by atoms with van der Waals surface area (Å²) in [6.45, 7) is 0. The fraction of sp³-hybridized carbons (Fsp3) is 0. The van der Waals surface area contributed by atoms with Crippen LogP contribution in [0.3, 0.4) is 0 Å². The molecule has 0 bridgehead atoms. The Morgan fingerprint density at radius 2 is 0.625 bits per heavy atom. The van der Waals surface area contributed by atoms with E-state index >= 15 is 0 Å². The Kier molecular flexibility index (Phi) is 104. The van der Waals surface area contributed by atoms with Crippen LogP contribution in [0.25, 0.3) is 0 Å². The average molecular weight is 286 g/mol. The molecule has 8 heavy (non-hydrogen) atoms. The van der Waals surface area contributed by atoms with Crippen LogP contribution in [0.1, 0.15) is 0 Å². The Balaban J connectivity index is -0.0000000160. The number of hydrogen-bond donors (Lipinski definition) is 0. The molecule has 0 unspecified atom stereocenters. The Hall–Kier alpha value is 1.85. The fourth-order valence-electron chi connectivity index (χ4n) is 0. The molecule has 0 aliphatic carbocycles. The third-order valence-electron chi connectivity index (χ3n) is 0. The zero-order valence-corrected chi connectivity index (χ0v) is 9.16. The first kappa shape index (κ1) is 22.5. The van der Waals surface area contributed by atoms with Gasteiger partial charge in [0.25, 0.3) is 0 Å². The van der Waals surface area contributed by atoms with Crippen molar-refractivity contribution >= 4 is 0 Å². The third-order valence-corrected chi connectivity index (χ3v) is 0. The van der Waals surface area contributed by atoms with Crippen molar-refractivity contribution in [3.63, 3.8) is 0 Å². The Morgan fingerprint density at radius 3 is 0.625 bits per heavy atom. The maximum atomic E-state index is 9.12. The van der Waals surface area contributed by atoms with Crippen LogP contribution in [0.15, 0.2) is 0 Å². The molecule has 0 saturated heterocycles. The molecule has 0 aromatic heterocycles. The van der Waals surface area contributed by atoms with E-state index in [0.717, 1.165) is 0 Å². The van der Waals surface area contributed by atoms with Crippen molar-refractivity contribution in [1.29, 1.82) is 0 Å². The standard InChI is InChI=1S/2F2O.2Y/c2*1-3-2;;. The van der Waals surface area contributed by atoms with Crippen LogP contribution in [0, 0.1) is 0 Å². The summed E-state index contributed by atoms with van der Waals surface area (Å²) < 4.78 is 36.5. The third kappa shape index (κ3) is 108. The first-order valence-corrected chi connectivity index (χ1v) is 0.617. The minimum Gasteiger partial charge on any atom is -0.0104 e. The van der Waals surface area contributed by atoms with Crippen molar-refractivity contribution in [2.24, 2.45) is 0 Å². The van der Waals surface area contributed by atoms with E-state index in [-0.39, 0.29) is 65.4 Å². The molecule has 2 radical (unpaired) electrons. The van der Waals surface area contributed by atoms with Gasteiger partial charge < -0.3 is 0 Å². The van der Waals surface area contributed by atoms with Crippen LogP contribution in [0.4, 0.5) is 18.1 Å². The van der Waals surface area contributed by atoms with Gasteiger partial charge in [0.15, 0.2) is 0 Å². The monoisotopic (exact) mass is 286 g/mol. The van der Waals surface area contributed by atoms with Gasteiger partial charge >= 0.3 is 0 Å². The summed E-state index contributed by atoms with van der Waals surface area (Å²) in [6, 6.07) is 0. The van der Waals surface area contributed by atoms with Gasteiger partial charge in [-0.25, -0.2) is 0 Å². The molecule has 46 valence electrons. The molecule has 0 heterocycles. The van der Waals surface area contributed by atoms with Crippen molar-refractivity contribution in [3.8, 4) is 0 Å². The van der Waals surface area contributed by atoms with E-state index in [1.807, 2.05) is 0 Å². The molecule has 0 amide bonds. The zero-order chi connectivity index (χ0) is 5.41. The zero-order valence-electron chi connectivity index (χ0n) is 3.48. The molecular weight excluding hydrogens is 286 g/mol. The van der Waals surface area contributed by atoms with Crippen molar-refractivity contribution in [1.82, 2.24) is 0 Å². The topological polar surface area (TPSA) is 18.5 Å². The summed E-state index contributed by atoms with van der Waals surface area (Å²) in [5.41, 5.74) is 0. The molecule has 0 aliphatic rings. The van der Waals surface area contributed by atoms with Crippen LogP contribution in [-0.4, -0.2) is 0 Å². The molecule has 0 fully saturated rings. The number of halogens is 4. The van der Waals surface area contributed by atoms with E-state index in [0.29, 0.717) is 0 Å². The SMILES string of the molecule is FOF.FOF.[Y].[Y]. The fourth-order valence-corrected chi connectivity index (χ4v) is 0. The maximum Gasteiger partial charge on any atom is 0.0209 e. The van der Waals surface area contributed by atoms with E-state index in [9.17, 15) is 0 Å². The van der Waals surface area contributed by atoms with E-state index in [1.54, 1.807) is 0 Å². The largest absolute Gasteiger partial charge is 0.0209 e. The van der Waals surface area contributed by atoms with Gasteiger partial charge in [0.2, 0.25) is 0 Å². The molecule has 0 aromatic rings. The van der Waals surface area contributed by atoms with Gasteiger partial charge in [-0.3, -0.25) is 0 Å². The summed E-state index contributed by atoms with van der Waals surface area (Å²) in [5.74, 6) is 0. The second-order valence-electron chi connectivity index (χ2n) is 0.117. The van der Waals surface area contributed by atoms with Crippen LogP contribution in [-0.2, 0) is 75.7 Å². The Labute approximate surface area is 92.6 Å². The van der Waals surface area contributed by atoms with E-state index in [4.69, 9.17) is 18.1 Å². The minimum absolute atomic E-state index is 0. The summed E-state index contributed by atoms with van der Waals surface area (Å²) >= 11 is 0. The van der Waals surface area contributed by atoms with E-state index in [1.165, 1.54) is 10.3 Å². The molecular formula is F4O2Y2. The summed E-state index contributed by atoms with van der Waals surface area (Å²) in [4.78, 5) is 0. The molecule has 0 aromatic carbocycles. The number of rotatable bonds is 0. The molecule has 8 heteroatoms. The van der Waals surface area contributed by atoms with E-state index in [2.05, 4.69) is 0 Å². The second kappa shape index (κ2) is 36.8. The smallest absolute Gasteiger partial charge is 0.0104 e. The van der Waals surface area contributed by atoms with Gasteiger partial charge in [-0.1, -0.05) is 0 Å². The Morgan fingerprint density at radius 1 is 0.625 bits per heavy atom. The first-order valence-electron chi connectivity index (χ1n) is 0.617. The first-order chi connectivity index (χ1) is 2.83. The molecule has 0 aliphatic heterocycles. The maximum absolute atomic E-state index is 9.12. The average Bonchev–Trinajstić information content (AvgIpc) is 1.39. The van der Waals surface area contributed by atoms with Crippen molar-refractivity contribution in [2.75, 3.05) is 0 Å². The predicted octanol–water partition coefficient (Wildman–Crippen LogP) is 1.54. The van der Waals surface area contributed by atoms with Crippen molar-refractivity contribution < 1.29 is 93.8 Å². The van der Waals surface area contributed by atoms with Crippen LogP contribution >= 0.6 is 0 Å². The molecule has 0 rings (SSSR count). The molecule has 0 saturated carbocycles. The van der Waals surface area contributed by atoms with Gasteiger partial charge in [-0.2, -0.15) is 0 Å². The molecule has 0 spiro atoms. The minimum atomic E-state index is 0. The van der Waals surface area contributed by atoms with Gasteiger partial charge in [-0.05, 0) is 18.1 Å². The summed E-state index contributed by atoms with van der Waals surface area (Å²) in [6.07, 6.45) is 0. The Bertz CT molecular complexity index is 14.0.